The first-order valence-electron chi connectivity index (χ1n) is 8.22. The number of carbonyl (C=O) groups excluding carboxylic acids is 1. The average Bonchev–Trinajstić information content (AvgIpc) is 3.19. The first-order valence-corrected chi connectivity index (χ1v) is 8.22. The van der Waals surface area contributed by atoms with E-state index in [0.29, 0.717) is 25.1 Å². The van der Waals surface area contributed by atoms with E-state index in [0.717, 1.165) is 18.9 Å². The van der Waals surface area contributed by atoms with Gasteiger partial charge in [-0.3, -0.25) is 4.79 Å². The molecular weight excluding hydrogens is 314 g/mol. The number of rotatable bonds is 3. The SMILES string of the molecule is O=C([C@@H]1C[C@@H]1c1cccc(F)c1F)N1CCC[C@H](n2cncn2)C1. The van der Waals surface area contributed by atoms with Crippen LogP contribution >= 0.6 is 0 Å². The Hall–Kier alpha value is -2.31. The van der Waals surface area contributed by atoms with Gasteiger partial charge >= 0.3 is 0 Å². The molecule has 1 aromatic carbocycles. The van der Waals surface area contributed by atoms with E-state index in [1.165, 1.54) is 12.4 Å². The molecule has 5 nitrogen and oxygen atoms in total. The minimum absolute atomic E-state index is 0.0356. The summed E-state index contributed by atoms with van der Waals surface area (Å²) in [6.07, 6.45) is 5.61. The predicted octanol–water partition coefficient (Wildman–Crippen LogP) is 2.52. The van der Waals surface area contributed by atoms with Crippen molar-refractivity contribution in [2.75, 3.05) is 13.1 Å². The molecule has 1 aliphatic carbocycles. The highest BCUT2D eigenvalue weighted by Gasteiger charge is 2.47. The zero-order valence-electron chi connectivity index (χ0n) is 13.1. The quantitative estimate of drug-likeness (QED) is 0.868. The number of carbonyl (C=O) groups is 1. The van der Waals surface area contributed by atoms with Crippen LogP contribution in [0.15, 0.2) is 30.9 Å². The summed E-state index contributed by atoms with van der Waals surface area (Å²) in [4.78, 5) is 18.5. The van der Waals surface area contributed by atoms with Crippen LogP contribution in [0.2, 0.25) is 0 Å². The zero-order valence-corrected chi connectivity index (χ0v) is 13.1. The van der Waals surface area contributed by atoms with Crippen molar-refractivity contribution >= 4 is 5.91 Å². The van der Waals surface area contributed by atoms with Crippen molar-refractivity contribution in [1.29, 1.82) is 0 Å². The van der Waals surface area contributed by atoms with Gasteiger partial charge in [0.15, 0.2) is 11.6 Å². The fraction of sp³-hybridized carbons (Fsp3) is 0.471. The average molecular weight is 332 g/mol. The Balaban J connectivity index is 1.44. The Morgan fingerprint density at radius 2 is 2.17 bits per heavy atom. The largest absolute Gasteiger partial charge is 0.340 e. The number of hydrogen-bond donors (Lipinski definition) is 0. The molecule has 1 amide bonds. The van der Waals surface area contributed by atoms with Gasteiger partial charge in [-0.05, 0) is 36.8 Å². The fourth-order valence-corrected chi connectivity index (χ4v) is 3.63. The first-order chi connectivity index (χ1) is 11.6. The van der Waals surface area contributed by atoms with E-state index < -0.39 is 11.6 Å². The van der Waals surface area contributed by atoms with Crippen LogP contribution in [-0.4, -0.2) is 38.7 Å². The van der Waals surface area contributed by atoms with Crippen molar-refractivity contribution in [2.24, 2.45) is 5.92 Å². The summed E-state index contributed by atoms with van der Waals surface area (Å²) < 4.78 is 29.1. The zero-order chi connectivity index (χ0) is 16.7. The van der Waals surface area contributed by atoms with E-state index in [9.17, 15) is 13.6 Å². The lowest BCUT2D eigenvalue weighted by molar-refractivity contribution is -0.134. The monoisotopic (exact) mass is 332 g/mol. The van der Waals surface area contributed by atoms with Crippen LogP contribution in [0.25, 0.3) is 0 Å². The Kier molecular flexibility index (Phi) is 3.78. The van der Waals surface area contributed by atoms with Gasteiger partial charge in [-0.2, -0.15) is 5.10 Å². The maximum Gasteiger partial charge on any atom is 0.226 e. The fourth-order valence-electron chi connectivity index (χ4n) is 3.63. The Labute approximate surface area is 138 Å². The minimum atomic E-state index is -0.852. The molecule has 2 fully saturated rings. The molecule has 2 aliphatic rings. The number of halogens is 2. The highest BCUT2D eigenvalue weighted by atomic mass is 19.2. The number of aromatic nitrogens is 3. The lowest BCUT2D eigenvalue weighted by atomic mass is 10.0. The number of amides is 1. The molecule has 3 atom stereocenters. The number of hydrogen-bond acceptors (Lipinski definition) is 3. The molecule has 0 N–H and O–H groups in total. The van der Waals surface area contributed by atoms with Gasteiger partial charge in [0.1, 0.15) is 12.7 Å². The number of benzene rings is 1. The standard InChI is InChI=1S/C17H18F2N4O/c18-15-5-1-4-12(16(15)19)13-7-14(13)17(24)22-6-2-3-11(8-22)23-10-20-9-21-23/h1,4-5,9-11,13-14H,2-3,6-8H2/t11-,13+,14+/m0/s1. The summed E-state index contributed by atoms with van der Waals surface area (Å²) in [5, 5.41) is 4.15. The van der Waals surface area contributed by atoms with E-state index >= 15 is 0 Å². The summed E-state index contributed by atoms with van der Waals surface area (Å²) in [7, 11) is 0. The smallest absolute Gasteiger partial charge is 0.226 e. The summed E-state index contributed by atoms with van der Waals surface area (Å²) >= 11 is 0. The third-order valence-electron chi connectivity index (χ3n) is 5.01. The van der Waals surface area contributed by atoms with Crippen LogP contribution in [0.3, 0.4) is 0 Å². The van der Waals surface area contributed by atoms with Crippen LogP contribution in [0.4, 0.5) is 8.78 Å². The van der Waals surface area contributed by atoms with Gasteiger partial charge in [0, 0.05) is 19.0 Å². The number of nitrogens with zero attached hydrogens (tertiary/aromatic N) is 4. The molecule has 0 spiro atoms. The molecule has 24 heavy (non-hydrogen) atoms. The van der Waals surface area contributed by atoms with E-state index in [1.807, 2.05) is 4.90 Å². The molecule has 7 heteroatoms. The molecule has 4 rings (SSSR count). The molecule has 126 valence electrons. The van der Waals surface area contributed by atoms with Crippen LogP contribution < -0.4 is 0 Å². The van der Waals surface area contributed by atoms with Crippen LogP contribution in [0.5, 0.6) is 0 Å². The van der Waals surface area contributed by atoms with Gasteiger partial charge in [0.05, 0.1) is 6.04 Å². The summed E-state index contributed by atoms with van der Waals surface area (Å²) in [6, 6.07) is 4.30. The first kappa shape index (κ1) is 15.2. The topological polar surface area (TPSA) is 51.0 Å². The number of piperidine rings is 1. The molecule has 1 saturated carbocycles. The van der Waals surface area contributed by atoms with Crippen molar-refractivity contribution in [2.45, 2.75) is 31.2 Å². The minimum Gasteiger partial charge on any atom is -0.340 e. The predicted molar refractivity (Wildman–Crippen MR) is 82.1 cm³/mol. The van der Waals surface area contributed by atoms with Crippen molar-refractivity contribution < 1.29 is 13.6 Å². The highest BCUT2D eigenvalue weighted by molar-refractivity contribution is 5.83. The van der Waals surface area contributed by atoms with Crippen LogP contribution in [0, 0.1) is 17.6 Å². The molecule has 2 aromatic rings. The van der Waals surface area contributed by atoms with Crippen LogP contribution in [0.1, 0.15) is 36.8 Å². The Bertz CT molecular complexity index is 749. The van der Waals surface area contributed by atoms with Gasteiger partial charge in [-0.25, -0.2) is 18.4 Å². The summed E-state index contributed by atoms with van der Waals surface area (Å²) in [6.45, 7) is 1.30. The second-order valence-electron chi connectivity index (χ2n) is 6.55. The second kappa shape index (κ2) is 5.96. The molecule has 2 heterocycles. The van der Waals surface area contributed by atoms with E-state index in [1.54, 1.807) is 17.1 Å². The van der Waals surface area contributed by atoms with Gasteiger partial charge in [0.25, 0.3) is 0 Å². The van der Waals surface area contributed by atoms with Gasteiger partial charge in [-0.1, -0.05) is 12.1 Å². The van der Waals surface area contributed by atoms with Crippen molar-refractivity contribution in [3.63, 3.8) is 0 Å². The molecule has 1 aliphatic heterocycles. The maximum atomic E-state index is 13.9. The van der Waals surface area contributed by atoms with Crippen molar-refractivity contribution in [3.05, 3.63) is 48.1 Å². The molecule has 0 bridgehead atoms. The highest BCUT2D eigenvalue weighted by Crippen LogP contribution is 2.49. The third-order valence-corrected chi connectivity index (χ3v) is 5.01. The Morgan fingerprint density at radius 3 is 2.96 bits per heavy atom. The summed E-state index contributed by atoms with van der Waals surface area (Å²) in [5.74, 6) is -2.09. The van der Waals surface area contributed by atoms with E-state index in [-0.39, 0.29) is 23.8 Å². The van der Waals surface area contributed by atoms with Gasteiger partial charge < -0.3 is 4.90 Å². The summed E-state index contributed by atoms with van der Waals surface area (Å²) in [5.41, 5.74) is 0.318. The van der Waals surface area contributed by atoms with Gasteiger partial charge in [-0.15, -0.1) is 0 Å². The van der Waals surface area contributed by atoms with Crippen molar-refractivity contribution in [3.8, 4) is 0 Å². The van der Waals surface area contributed by atoms with Gasteiger partial charge in [0.2, 0.25) is 5.91 Å². The molecule has 0 unspecified atom stereocenters. The lowest BCUT2D eigenvalue weighted by Gasteiger charge is -2.32. The van der Waals surface area contributed by atoms with Crippen molar-refractivity contribution in [1.82, 2.24) is 19.7 Å². The van der Waals surface area contributed by atoms with E-state index in [4.69, 9.17) is 0 Å². The molecule has 1 aromatic heterocycles. The van der Waals surface area contributed by atoms with Crippen LogP contribution in [-0.2, 0) is 4.79 Å². The second-order valence-corrected chi connectivity index (χ2v) is 6.55. The molecular formula is C17H18F2N4O. The third kappa shape index (κ3) is 2.68. The molecule has 1 saturated heterocycles. The number of likely N-dealkylation sites (tertiary alicyclic amines) is 1. The lowest BCUT2D eigenvalue weighted by Crippen LogP contribution is -2.41. The normalized spacial score (nSPS) is 26.4. The maximum absolute atomic E-state index is 13.9. The molecule has 0 radical (unpaired) electrons. The van der Waals surface area contributed by atoms with E-state index in [2.05, 4.69) is 10.1 Å². The Morgan fingerprint density at radius 1 is 1.29 bits per heavy atom.